The molecule has 6 nitrogen and oxygen atoms in total. The molecule has 4 heterocycles. The summed E-state index contributed by atoms with van der Waals surface area (Å²) in [5.74, 6) is 0. The van der Waals surface area contributed by atoms with Crippen molar-refractivity contribution in [3.8, 4) is 22.5 Å². The van der Waals surface area contributed by atoms with Gasteiger partial charge in [-0.2, -0.15) is 0 Å². The van der Waals surface area contributed by atoms with Crippen LogP contribution in [0.5, 0.6) is 0 Å². The van der Waals surface area contributed by atoms with Gasteiger partial charge in [0.15, 0.2) is 11.2 Å². The third-order valence-electron chi connectivity index (χ3n) is 3.89. The first-order valence-corrected chi connectivity index (χ1v) is 7.87. The molecule has 0 atom stereocenters. The topological polar surface area (TPSA) is 84.4 Å². The van der Waals surface area contributed by atoms with Crippen LogP contribution in [-0.4, -0.2) is 24.9 Å². The molecular weight excluding hydrogens is 314 g/mol. The van der Waals surface area contributed by atoms with Crippen LogP contribution in [0, 0.1) is 13.8 Å². The maximum atomic E-state index is 12.2. The second-order valence-corrected chi connectivity index (χ2v) is 5.83. The molecule has 0 aromatic carbocycles. The van der Waals surface area contributed by atoms with E-state index in [1.54, 1.807) is 18.6 Å². The Morgan fingerprint density at radius 2 is 1.52 bits per heavy atom. The van der Waals surface area contributed by atoms with Gasteiger partial charge in [0, 0.05) is 47.2 Å². The van der Waals surface area contributed by atoms with Gasteiger partial charge in [0.25, 0.3) is 0 Å². The zero-order valence-electron chi connectivity index (χ0n) is 13.8. The standard InChI is InChI=1S/C19H15N5O/c1-11-9-14(10-12(2)22-11)17-16(13-3-6-20-7-4-13)24-19-18(23-17)15(25)5-8-21-19/h3-10H,1-2H3,(H,21,24,25). The molecule has 0 bridgehead atoms. The molecule has 122 valence electrons. The average Bonchev–Trinajstić information content (AvgIpc) is 2.61. The minimum absolute atomic E-state index is 0.161. The predicted octanol–water partition coefficient (Wildman–Crippen LogP) is 3.06. The van der Waals surface area contributed by atoms with Crippen LogP contribution in [0.3, 0.4) is 0 Å². The molecule has 0 radical (unpaired) electrons. The molecule has 4 rings (SSSR count). The fourth-order valence-electron chi connectivity index (χ4n) is 2.87. The Bertz CT molecular complexity index is 1120. The fraction of sp³-hybridized carbons (Fsp3) is 0.105. The van der Waals surface area contributed by atoms with E-state index in [4.69, 9.17) is 0 Å². The second kappa shape index (κ2) is 5.90. The van der Waals surface area contributed by atoms with E-state index in [9.17, 15) is 4.79 Å². The molecule has 0 spiro atoms. The first kappa shape index (κ1) is 15.1. The number of fused-ring (bicyclic) bond motifs is 1. The van der Waals surface area contributed by atoms with Crippen LogP contribution in [0.15, 0.2) is 53.7 Å². The molecule has 25 heavy (non-hydrogen) atoms. The van der Waals surface area contributed by atoms with E-state index in [-0.39, 0.29) is 5.43 Å². The van der Waals surface area contributed by atoms with Crippen molar-refractivity contribution in [1.29, 1.82) is 0 Å². The molecule has 6 heteroatoms. The second-order valence-electron chi connectivity index (χ2n) is 5.83. The molecule has 0 amide bonds. The quantitative estimate of drug-likeness (QED) is 0.611. The predicted molar refractivity (Wildman–Crippen MR) is 96.1 cm³/mol. The molecule has 1 N–H and O–H groups in total. The largest absolute Gasteiger partial charge is 0.345 e. The summed E-state index contributed by atoms with van der Waals surface area (Å²) < 4.78 is 0. The smallest absolute Gasteiger partial charge is 0.209 e. The van der Waals surface area contributed by atoms with E-state index < -0.39 is 0 Å². The Morgan fingerprint density at radius 3 is 2.24 bits per heavy atom. The third-order valence-corrected chi connectivity index (χ3v) is 3.89. The highest BCUT2D eigenvalue weighted by molar-refractivity contribution is 5.84. The van der Waals surface area contributed by atoms with Crippen LogP contribution in [-0.2, 0) is 0 Å². The van der Waals surface area contributed by atoms with Gasteiger partial charge in [-0.15, -0.1) is 0 Å². The number of hydrogen-bond donors (Lipinski definition) is 1. The van der Waals surface area contributed by atoms with Crippen molar-refractivity contribution in [2.24, 2.45) is 0 Å². The van der Waals surface area contributed by atoms with Crippen molar-refractivity contribution >= 4 is 11.2 Å². The van der Waals surface area contributed by atoms with Gasteiger partial charge in [0.05, 0.1) is 11.4 Å². The lowest BCUT2D eigenvalue weighted by Crippen LogP contribution is -2.07. The number of nitrogens with zero attached hydrogens (tertiary/aromatic N) is 4. The van der Waals surface area contributed by atoms with Crippen molar-refractivity contribution < 1.29 is 0 Å². The fourth-order valence-corrected chi connectivity index (χ4v) is 2.87. The van der Waals surface area contributed by atoms with Gasteiger partial charge >= 0.3 is 0 Å². The first-order chi connectivity index (χ1) is 12.1. The van der Waals surface area contributed by atoms with Gasteiger partial charge in [-0.3, -0.25) is 14.8 Å². The van der Waals surface area contributed by atoms with E-state index in [1.165, 1.54) is 6.07 Å². The van der Waals surface area contributed by atoms with Gasteiger partial charge < -0.3 is 4.98 Å². The van der Waals surface area contributed by atoms with Crippen molar-refractivity contribution in [3.63, 3.8) is 0 Å². The van der Waals surface area contributed by atoms with Crippen LogP contribution in [0.1, 0.15) is 11.4 Å². The Labute approximate surface area is 143 Å². The summed E-state index contributed by atoms with van der Waals surface area (Å²) in [4.78, 5) is 33.0. The molecule has 0 fully saturated rings. The van der Waals surface area contributed by atoms with E-state index in [0.29, 0.717) is 22.6 Å². The van der Waals surface area contributed by atoms with Crippen molar-refractivity contribution in [2.45, 2.75) is 13.8 Å². The van der Waals surface area contributed by atoms with Crippen molar-refractivity contribution in [2.75, 3.05) is 0 Å². The summed E-state index contributed by atoms with van der Waals surface area (Å²) in [6.07, 6.45) is 5.00. The summed E-state index contributed by atoms with van der Waals surface area (Å²) in [6, 6.07) is 9.11. The number of hydrogen-bond acceptors (Lipinski definition) is 5. The van der Waals surface area contributed by atoms with Crippen LogP contribution >= 0.6 is 0 Å². The lowest BCUT2D eigenvalue weighted by atomic mass is 10.0. The summed E-state index contributed by atoms with van der Waals surface area (Å²) in [7, 11) is 0. The van der Waals surface area contributed by atoms with Crippen LogP contribution in [0.2, 0.25) is 0 Å². The molecule has 0 aliphatic heterocycles. The minimum Gasteiger partial charge on any atom is -0.345 e. The van der Waals surface area contributed by atoms with E-state index in [2.05, 4.69) is 24.9 Å². The number of rotatable bonds is 2. The Balaban J connectivity index is 2.10. The molecule has 0 aliphatic rings. The number of pyridine rings is 3. The van der Waals surface area contributed by atoms with Gasteiger partial charge in [-0.1, -0.05) is 0 Å². The molecule has 0 saturated carbocycles. The van der Waals surface area contributed by atoms with Gasteiger partial charge in [-0.25, -0.2) is 9.97 Å². The van der Waals surface area contributed by atoms with Gasteiger partial charge in [0.1, 0.15) is 0 Å². The van der Waals surface area contributed by atoms with E-state index in [1.807, 2.05) is 38.1 Å². The number of aromatic amines is 1. The monoisotopic (exact) mass is 329 g/mol. The zero-order chi connectivity index (χ0) is 17.4. The highest BCUT2D eigenvalue weighted by atomic mass is 16.1. The van der Waals surface area contributed by atoms with Crippen LogP contribution in [0.25, 0.3) is 33.7 Å². The summed E-state index contributed by atoms with van der Waals surface area (Å²) in [5.41, 5.74) is 5.52. The van der Waals surface area contributed by atoms with Crippen LogP contribution in [0.4, 0.5) is 0 Å². The lowest BCUT2D eigenvalue weighted by Gasteiger charge is -2.11. The van der Waals surface area contributed by atoms with Crippen molar-refractivity contribution in [1.82, 2.24) is 24.9 Å². The highest BCUT2D eigenvalue weighted by Gasteiger charge is 2.15. The zero-order valence-corrected chi connectivity index (χ0v) is 13.8. The number of aryl methyl sites for hydroxylation is 2. The van der Waals surface area contributed by atoms with Gasteiger partial charge in [-0.05, 0) is 38.1 Å². The molecule has 0 saturated heterocycles. The number of nitrogens with one attached hydrogen (secondary N) is 1. The minimum atomic E-state index is -0.161. The van der Waals surface area contributed by atoms with Gasteiger partial charge in [0.2, 0.25) is 5.43 Å². The Kier molecular flexibility index (Phi) is 3.57. The SMILES string of the molecule is Cc1cc(-c2nc3c(=O)cc[nH]c3nc2-c2ccncc2)cc(C)n1. The first-order valence-electron chi connectivity index (χ1n) is 7.87. The Morgan fingerprint density at radius 1 is 0.840 bits per heavy atom. The summed E-state index contributed by atoms with van der Waals surface area (Å²) >= 11 is 0. The molecule has 0 aliphatic carbocycles. The molecule has 0 unspecified atom stereocenters. The number of H-pyrrole nitrogens is 1. The number of aromatic nitrogens is 5. The third kappa shape index (κ3) is 2.78. The van der Waals surface area contributed by atoms with Crippen molar-refractivity contribution in [3.05, 3.63) is 70.5 Å². The maximum absolute atomic E-state index is 12.2. The Hall–Kier alpha value is -3.41. The molecule has 4 aromatic rings. The summed E-state index contributed by atoms with van der Waals surface area (Å²) in [6.45, 7) is 3.87. The molecular formula is C19H15N5O. The van der Waals surface area contributed by atoms with E-state index in [0.717, 1.165) is 22.5 Å². The normalized spacial score (nSPS) is 11.0. The maximum Gasteiger partial charge on any atom is 0.209 e. The lowest BCUT2D eigenvalue weighted by molar-refractivity contribution is 1.12. The van der Waals surface area contributed by atoms with Crippen LogP contribution < -0.4 is 5.43 Å². The van der Waals surface area contributed by atoms with E-state index >= 15 is 0 Å². The highest BCUT2D eigenvalue weighted by Crippen LogP contribution is 2.30. The molecule has 4 aromatic heterocycles. The average molecular weight is 329 g/mol. The summed E-state index contributed by atoms with van der Waals surface area (Å²) in [5, 5.41) is 0.